The van der Waals surface area contributed by atoms with Gasteiger partial charge in [-0.2, -0.15) is 0 Å². The molecule has 176 valence electrons. The van der Waals surface area contributed by atoms with E-state index in [-0.39, 0.29) is 11.2 Å². The molecule has 0 fully saturated rings. The fourth-order valence-electron chi connectivity index (χ4n) is 4.64. The van der Waals surface area contributed by atoms with Gasteiger partial charge in [0.2, 0.25) is 0 Å². The maximum atomic E-state index is 10.7. The van der Waals surface area contributed by atoms with Crippen LogP contribution in [0.2, 0.25) is 0 Å². The van der Waals surface area contributed by atoms with Gasteiger partial charge in [-0.1, -0.05) is 42.5 Å². The molecule has 0 saturated carbocycles. The monoisotopic (exact) mass is 456 g/mol. The highest BCUT2D eigenvalue weighted by Crippen LogP contribution is 2.42. The molecule has 5 nitrogen and oxygen atoms in total. The summed E-state index contributed by atoms with van der Waals surface area (Å²) in [4.78, 5) is 6.83. The summed E-state index contributed by atoms with van der Waals surface area (Å²) in [6, 6.07) is 25.9. The van der Waals surface area contributed by atoms with E-state index in [1.165, 1.54) is 5.56 Å². The fourth-order valence-corrected chi connectivity index (χ4v) is 4.64. The number of phenolic OH excluding ortho intramolecular Hbond substituents is 1. The van der Waals surface area contributed by atoms with Crippen LogP contribution in [0.1, 0.15) is 18.4 Å². The topological polar surface area (TPSA) is 54.3 Å². The number of para-hydroxylation sites is 3. The van der Waals surface area contributed by atoms with E-state index in [9.17, 15) is 5.11 Å². The van der Waals surface area contributed by atoms with Crippen molar-refractivity contribution in [1.82, 2.24) is 0 Å². The molecule has 0 bridgehead atoms. The van der Waals surface area contributed by atoms with Crippen molar-refractivity contribution in [3.63, 3.8) is 0 Å². The first-order valence-electron chi connectivity index (χ1n) is 11.6. The Balaban J connectivity index is 1.63. The van der Waals surface area contributed by atoms with Crippen molar-refractivity contribution in [3.05, 3.63) is 96.3 Å². The first kappa shape index (κ1) is 23.4. The van der Waals surface area contributed by atoms with E-state index in [1.807, 2.05) is 60.8 Å². The number of aromatic hydroxyl groups is 1. The van der Waals surface area contributed by atoms with Crippen molar-refractivity contribution in [1.29, 1.82) is 0 Å². The Kier molecular flexibility index (Phi) is 7.53. The van der Waals surface area contributed by atoms with Crippen LogP contribution in [0.25, 0.3) is 0 Å². The molecule has 0 saturated heterocycles. The van der Waals surface area contributed by atoms with Crippen molar-refractivity contribution in [2.24, 2.45) is 10.4 Å². The number of hydrogen-bond donors (Lipinski definition) is 1. The zero-order valence-corrected chi connectivity index (χ0v) is 19.9. The van der Waals surface area contributed by atoms with Crippen LogP contribution < -0.4 is 9.64 Å². The van der Waals surface area contributed by atoms with Gasteiger partial charge in [0.15, 0.2) is 0 Å². The van der Waals surface area contributed by atoms with Gasteiger partial charge in [0, 0.05) is 18.4 Å². The molecular weight excluding hydrogens is 424 g/mol. The summed E-state index contributed by atoms with van der Waals surface area (Å²) in [5, 5.41) is 10.7. The predicted molar refractivity (Wildman–Crippen MR) is 138 cm³/mol. The zero-order chi connectivity index (χ0) is 23.8. The molecule has 1 heterocycles. The van der Waals surface area contributed by atoms with E-state index >= 15 is 0 Å². The Bertz CT molecular complexity index is 1130. The first-order valence-corrected chi connectivity index (χ1v) is 11.6. The van der Waals surface area contributed by atoms with E-state index < -0.39 is 0 Å². The molecule has 1 atom stereocenters. The minimum Gasteiger partial charge on any atom is -0.506 e. The Hall–Kier alpha value is -3.73. The normalized spacial score (nSPS) is 17.2. The second kappa shape index (κ2) is 10.9. The van der Waals surface area contributed by atoms with Gasteiger partial charge in [0.05, 0.1) is 31.9 Å². The first-order chi connectivity index (χ1) is 16.6. The second-order valence-electron chi connectivity index (χ2n) is 8.62. The van der Waals surface area contributed by atoms with Crippen LogP contribution in [0, 0.1) is 5.41 Å². The third-order valence-corrected chi connectivity index (χ3v) is 6.45. The number of rotatable bonds is 10. The van der Waals surface area contributed by atoms with Crippen molar-refractivity contribution in [3.8, 4) is 11.5 Å². The van der Waals surface area contributed by atoms with E-state index in [1.54, 1.807) is 20.3 Å². The van der Waals surface area contributed by atoms with Crippen molar-refractivity contribution >= 4 is 17.6 Å². The highest BCUT2D eigenvalue weighted by Gasteiger charge is 2.39. The summed E-state index contributed by atoms with van der Waals surface area (Å²) >= 11 is 0. The summed E-state index contributed by atoms with van der Waals surface area (Å²) in [5.41, 5.74) is 2.74. The average molecular weight is 457 g/mol. The summed E-state index contributed by atoms with van der Waals surface area (Å²) in [6.07, 6.45) is 6.63. The SMILES string of the molecule is COC1=CC=NCC1(CCCc1ccc(OC)cc1)CN(c1ccccc1)c1ccccc1O. The highest BCUT2D eigenvalue weighted by atomic mass is 16.5. The molecule has 1 aliphatic heterocycles. The number of aryl methyl sites for hydroxylation is 1. The van der Waals surface area contributed by atoms with Crippen LogP contribution >= 0.6 is 0 Å². The van der Waals surface area contributed by atoms with Crippen molar-refractivity contribution in [2.45, 2.75) is 19.3 Å². The van der Waals surface area contributed by atoms with Crippen molar-refractivity contribution < 1.29 is 14.6 Å². The fraction of sp³-hybridized carbons (Fsp3) is 0.276. The third kappa shape index (κ3) is 5.25. The second-order valence-corrected chi connectivity index (χ2v) is 8.62. The minimum atomic E-state index is -0.325. The van der Waals surface area contributed by atoms with Gasteiger partial charge in [-0.25, -0.2) is 0 Å². The lowest BCUT2D eigenvalue weighted by atomic mass is 9.78. The number of aliphatic imine (C=N–C) groups is 1. The Morgan fingerprint density at radius 2 is 1.65 bits per heavy atom. The van der Waals surface area contributed by atoms with Crippen LogP contribution in [0.15, 0.2) is 95.7 Å². The van der Waals surface area contributed by atoms with E-state index in [4.69, 9.17) is 9.47 Å². The number of hydrogen-bond acceptors (Lipinski definition) is 5. The molecule has 5 heteroatoms. The van der Waals surface area contributed by atoms with Crippen molar-refractivity contribution in [2.75, 3.05) is 32.2 Å². The van der Waals surface area contributed by atoms with Gasteiger partial charge < -0.3 is 19.5 Å². The molecule has 1 unspecified atom stereocenters. The Morgan fingerprint density at radius 3 is 2.35 bits per heavy atom. The largest absolute Gasteiger partial charge is 0.506 e. The predicted octanol–water partition coefficient (Wildman–Crippen LogP) is 6.16. The molecule has 1 N–H and O–H groups in total. The summed E-state index contributed by atoms with van der Waals surface area (Å²) in [5.74, 6) is 2.04. The lowest BCUT2D eigenvalue weighted by Gasteiger charge is -2.40. The molecule has 4 rings (SSSR count). The molecule has 3 aromatic carbocycles. The smallest absolute Gasteiger partial charge is 0.139 e. The van der Waals surface area contributed by atoms with Crippen LogP contribution in [0.3, 0.4) is 0 Å². The highest BCUT2D eigenvalue weighted by molar-refractivity contribution is 5.74. The molecule has 34 heavy (non-hydrogen) atoms. The van der Waals surface area contributed by atoms with Gasteiger partial charge in [-0.15, -0.1) is 0 Å². The number of phenols is 1. The van der Waals surface area contributed by atoms with E-state index in [0.717, 1.165) is 42.1 Å². The summed E-state index contributed by atoms with van der Waals surface area (Å²) in [7, 11) is 3.42. The molecule has 3 aromatic rings. The average Bonchev–Trinajstić information content (AvgIpc) is 2.89. The van der Waals surface area contributed by atoms with Crippen LogP contribution in [-0.2, 0) is 11.2 Å². The minimum absolute atomic E-state index is 0.252. The maximum absolute atomic E-state index is 10.7. The van der Waals surface area contributed by atoms with Crippen LogP contribution in [0.4, 0.5) is 11.4 Å². The molecular formula is C29H32N2O3. The van der Waals surface area contributed by atoms with Gasteiger partial charge >= 0.3 is 0 Å². The number of benzene rings is 3. The number of ether oxygens (including phenoxy) is 2. The third-order valence-electron chi connectivity index (χ3n) is 6.45. The summed E-state index contributed by atoms with van der Waals surface area (Å²) in [6.45, 7) is 1.26. The summed E-state index contributed by atoms with van der Waals surface area (Å²) < 4.78 is 11.2. The zero-order valence-electron chi connectivity index (χ0n) is 19.9. The number of anilines is 2. The van der Waals surface area contributed by atoms with E-state index in [0.29, 0.717) is 13.1 Å². The van der Waals surface area contributed by atoms with Gasteiger partial charge in [-0.3, -0.25) is 4.99 Å². The van der Waals surface area contributed by atoms with Gasteiger partial charge in [0.25, 0.3) is 0 Å². The number of methoxy groups -OCH3 is 2. The van der Waals surface area contributed by atoms with E-state index in [2.05, 4.69) is 34.2 Å². The quantitative estimate of drug-likeness (QED) is 0.397. The lowest BCUT2D eigenvalue weighted by molar-refractivity contribution is 0.164. The van der Waals surface area contributed by atoms with Crippen LogP contribution in [0.5, 0.6) is 11.5 Å². The molecule has 0 aromatic heterocycles. The molecule has 0 amide bonds. The molecule has 0 radical (unpaired) electrons. The maximum Gasteiger partial charge on any atom is 0.139 e. The molecule has 0 spiro atoms. The Morgan fingerprint density at radius 1 is 0.912 bits per heavy atom. The lowest BCUT2D eigenvalue weighted by Crippen LogP contribution is -2.41. The standard InChI is InChI=1S/C29H32N2O3/c1-33-25-16-14-23(15-17-25)9-8-19-29(21-30-20-18-28(29)34-2)22-31(24-10-4-3-5-11-24)26-12-6-7-13-27(26)32/h3-7,10-18,20,32H,8-9,19,21-22H2,1-2H3. The van der Waals surface area contributed by atoms with Gasteiger partial charge in [0.1, 0.15) is 17.3 Å². The number of dihydropyridines is 1. The number of nitrogens with zero attached hydrogens (tertiary/aromatic N) is 2. The number of allylic oxidation sites excluding steroid dienone is 1. The Labute approximate surface area is 202 Å². The molecule has 0 aliphatic carbocycles. The molecule has 1 aliphatic rings. The van der Waals surface area contributed by atoms with Gasteiger partial charge in [-0.05, 0) is 67.3 Å². The van der Waals surface area contributed by atoms with Crippen LogP contribution in [-0.4, -0.2) is 38.6 Å².